The molecule has 0 aliphatic carbocycles. The average molecular weight is 313 g/mol. The second-order valence-corrected chi connectivity index (χ2v) is 5.40. The van der Waals surface area contributed by atoms with Crippen LogP contribution in [0, 0.1) is 13.8 Å². The van der Waals surface area contributed by atoms with Gasteiger partial charge in [0.15, 0.2) is 6.61 Å². The number of benzene rings is 2. The number of rotatable bonds is 7. The van der Waals surface area contributed by atoms with E-state index in [1.807, 2.05) is 63.2 Å². The van der Waals surface area contributed by atoms with Crippen molar-refractivity contribution in [2.45, 2.75) is 27.2 Å². The van der Waals surface area contributed by atoms with Gasteiger partial charge in [-0.25, -0.2) is 0 Å². The van der Waals surface area contributed by atoms with Crippen molar-refractivity contribution in [3.63, 3.8) is 0 Å². The van der Waals surface area contributed by atoms with E-state index in [0.717, 1.165) is 23.3 Å². The minimum absolute atomic E-state index is 0.0339. The Hall–Kier alpha value is -2.49. The van der Waals surface area contributed by atoms with Gasteiger partial charge in [0.2, 0.25) is 0 Å². The highest BCUT2D eigenvalue weighted by atomic mass is 16.5. The van der Waals surface area contributed by atoms with Crippen molar-refractivity contribution in [1.29, 1.82) is 0 Å². The summed E-state index contributed by atoms with van der Waals surface area (Å²) >= 11 is 0. The van der Waals surface area contributed by atoms with Gasteiger partial charge in [0.25, 0.3) is 5.91 Å². The lowest BCUT2D eigenvalue weighted by molar-refractivity contribution is -0.118. The maximum Gasteiger partial charge on any atom is 0.262 e. The molecule has 0 atom stereocenters. The smallest absolute Gasteiger partial charge is 0.262 e. The molecule has 0 saturated carbocycles. The van der Waals surface area contributed by atoms with Crippen LogP contribution in [0.3, 0.4) is 0 Å². The molecule has 2 rings (SSSR count). The fourth-order valence-electron chi connectivity index (χ4n) is 2.26. The fourth-order valence-corrected chi connectivity index (χ4v) is 2.26. The Morgan fingerprint density at radius 2 is 1.70 bits per heavy atom. The van der Waals surface area contributed by atoms with E-state index < -0.39 is 0 Å². The van der Waals surface area contributed by atoms with Gasteiger partial charge >= 0.3 is 0 Å². The highest BCUT2D eigenvalue weighted by Gasteiger charge is 2.10. The highest BCUT2D eigenvalue weighted by molar-refractivity contribution is 5.93. The molecule has 0 aliphatic heterocycles. The predicted molar refractivity (Wildman–Crippen MR) is 92.3 cm³/mol. The number of aryl methyl sites for hydroxylation is 2. The Labute approximate surface area is 137 Å². The van der Waals surface area contributed by atoms with Crippen LogP contribution in [0.1, 0.15) is 24.5 Å². The Morgan fingerprint density at radius 1 is 1.00 bits per heavy atom. The molecule has 0 heterocycles. The molecule has 1 N–H and O–H groups in total. The summed E-state index contributed by atoms with van der Waals surface area (Å²) in [7, 11) is 0. The molecule has 0 unspecified atom stereocenters. The van der Waals surface area contributed by atoms with Gasteiger partial charge in [-0.2, -0.15) is 0 Å². The second kappa shape index (κ2) is 8.22. The monoisotopic (exact) mass is 313 g/mol. The van der Waals surface area contributed by atoms with E-state index in [9.17, 15) is 4.79 Å². The number of anilines is 1. The van der Waals surface area contributed by atoms with E-state index in [2.05, 4.69) is 5.32 Å². The molecule has 0 saturated heterocycles. The molecule has 4 nitrogen and oxygen atoms in total. The minimum Gasteiger partial charge on any atom is -0.491 e. The van der Waals surface area contributed by atoms with Crippen LogP contribution in [0.2, 0.25) is 0 Å². The van der Waals surface area contributed by atoms with E-state index in [0.29, 0.717) is 18.0 Å². The number of hydrogen-bond acceptors (Lipinski definition) is 3. The molecule has 0 fully saturated rings. The van der Waals surface area contributed by atoms with E-state index >= 15 is 0 Å². The zero-order valence-electron chi connectivity index (χ0n) is 13.9. The number of hydrogen-bond donors (Lipinski definition) is 1. The molecule has 0 aromatic heterocycles. The van der Waals surface area contributed by atoms with Crippen LogP contribution in [0.4, 0.5) is 5.69 Å². The van der Waals surface area contributed by atoms with Crippen LogP contribution in [0.25, 0.3) is 0 Å². The lowest BCUT2D eigenvalue weighted by Crippen LogP contribution is -2.21. The standard InChI is InChI=1S/C19H23NO3/c1-4-12-22-17-11-6-5-10-16(17)20-18(21)13-23-19-14(2)8-7-9-15(19)3/h5-11H,4,12-13H2,1-3H3,(H,20,21). The number of nitrogens with one attached hydrogen (secondary N) is 1. The zero-order valence-corrected chi connectivity index (χ0v) is 13.9. The molecule has 122 valence electrons. The Balaban J connectivity index is 1.98. The van der Waals surface area contributed by atoms with Crippen molar-refractivity contribution < 1.29 is 14.3 Å². The summed E-state index contributed by atoms with van der Waals surface area (Å²) in [4.78, 5) is 12.1. The van der Waals surface area contributed by atoms with Crippen LogP contribution >= 0.6 is 0 Å². The summed E-state index contributed by atoms with van der Waals surface area (Å²) < 4.78 is 11.3. The third-order valence-electron chi connectivity index (χ3n) is 3.38. The van der Waals surface area contributed by atoms with Crippen LogP contribution in [0.5, 0.6) is 11.5 Å². The van der Waals surface area contributed by atoms with E-state index in [4.69, 9.17) is 9.47 Å². The predicted octanol–water partition coefficient (Wildman–Crippen LogP) is 4.11. The third-order valence-corrected chi connectivity index (χ3v) is 3.38. The molecule has 1 amide bonds. The maximum atomic E-state index is 12.1. The first-order valence-corrected chi connectivity index (χ1v) is 7.82. The topological polar surface area (TPSA) is 47.6 Å². The summed E-state index contributed by atoms with van der Waals surface area (Å²) in [6.45, 7) is 6.56. The van der Waals surface area contributed by atoms with Gasteiger partial charge in [0.05, 0.1) is 12.3 Å². The van der Waals surface area contributed by atoms with Gasteiger partial charge in [0.1, 0.15) is 11.5 Å². The molecule has 0 radical (unpaired) electrons. The number of carbonyl (C=O) groups is 1. The van der Waals surface area contributed by atoms with Crippen LogP contribution in [0.15, 0.2) is 42.5 Å². The van der Waals surface area contributed by atoms with Crippen molar-refractivity contribution in [3.05, 3.63) is 53.6 Å². The van der Waals surface area contributed by atoms with E-state index in [-0.39, 0.29) is 12.5 Å². The van der Waals surface area contributed by atoms with Crippen LogP contribution < -0.4 is 14.8 Å². The normalized spacial score (nSPS) is 10.2. The fraction of sp³-hybridized carbons (Fsp3) is 0.316. The molecule has 2 aromatic rings. The molecule has 0 spiro atoms. The second-order valence-electron chi connectivity index (χ2n) is 5.40. The first-order chi connectivity index (χ1) is 11.1. The molecular formula is C19H23NO3. The SMILES string of the molecule is CCCOc1ccccc1NC(=O)COc1c(C)cccc1C. The zero-order chi connectivity index (χ0) is 16.7. The number of ether oxygens (including phenoxy) is 2. The van der Waals surface area contributed by atoms with Gasteiger partial charge in [0, 0.05) is 0 Å². The third kappa shape index (κ3) is 4.74. The maximum absolute atomic E-state index is 12.1. The van der Waals surface area contributed by atoms with Gasteiger partial charge in [-0.15, -0.1) is 0 Å². The quantitative estimate of drug-likeness (QED) is 0.837. The van der Waals surface area contributed by atoms with Crippen molar-refractivity contribution in [2.24, 2.45) is 0 Å². The number of amides is 1. The summed E-state index contributed by atoms with van der Waals surface area (Å²) in [5.41, 5.74) is 2.70. The lowest BCUT2D eigenvalue weighted by Gasteiger charge is -2.14. The van der Waals surface area contributed by atoms with Gasteiger partial charge in [-0.05, 0) is 43.5 Å². The van der Waals surface area contributed by atoms with Gasteiger partial charge < -0.3 is 14.8 Å². The van der Waals surface area contributed by atoms with E-state index in [1.165, 1.54) is 0 Å². The first-order valence-electron chi connectivity index (χ1n) is 7.82. The minimum atomic E-state index is -0.208. The molecule has 2 aromatic carbocycles. The number of carbonyl (C=O) groups excluding carboxylic acids is 1. The molecule has 0 bridgehead atoms. The Bertz CT molecular complexity index is 647. The van der Waals surface area contributed by atoms with Crippen molar-refractivity contribution >= 4 is 11.6 Å². The summed E-state index contributed by atoms with van der Waals surface area (Å²) in [5, 5.41) is 2.84. The van der Waals surface area contributed by atoms with Crippen LogP contribution in [-0.4, -0.2) is 19.1 Å². The summed E-state index contributed by atoms with van der Waals surface area (Å²) in [6, 6.07) is 13.3. The molecule has 23 heavy (non-hydrogen) atoms. The van der Waals surface area contributed by atoms with Gasteiger partial charge in [-0.1, -0.05) is 37.3 Å². The Morgan fingerprint density at radius 3 is 2.39 bits per heavy atom. The summed E-state index contributed by atoms with van der Waals surface area (Å²) in [5.74, 6) is 1.23. The first kappa shape index (κ1) is 16.9. The van der Waals surface area contributed by atoms with E-state index in [1.54, 1.807) is 0 Å². The summed E-state index contributed by atoms with van der Waals surface area (Å²) in [6.07, 6.45) is 0.915. The van der Waals surface area contributed by atoms with Crippen molar-refractivity contribution in [2.75, 3.05) is 18.5 Å². The van der Waals surface area contributed by atoms with Gasteiger partial charge in [-0.3, -0.25) is 4.79 Å². The van der Waals surface area contributed by atoms with Crippen molar-refractivity contribution in [3.8, 4) is 11.5 Å². The molecular weight excluding hydrogens is 290 g/mol. The largest absolute Gasteiger partial charge is 0.491 e. The lowest BCUT2D eigenvalue weighted by atomic mass is 10.1. The average Bonchev–Trinajstić information content (AvgIpc) is 2.53. The highest BCUT2D eigenvalue weighted by Crippen LogP contribution is 2.25. The molecule has 4 heteroatoms. The number of para-hydroxylation sites is 3. The Kier molecular flexibility index (Phi) is 6.03. The molecule has 0 aliphatic rings. The van der Waals surface area contributed by atoms with Crippen molar-refractivity contribution in [1.82, 2.24) is 0 Å². The van der Waals surface area contributed by atoms with Crippen LogP contribution in [-0.2, 0) is 4.79 Å².